The molecule has 1 amide bonds. The minimum Gasteiger partial charge on any atom is -0.398 e. The molecule has 0 spiro atoms. The van der Waals surface area contributed by atoms with Crippen molar-refractivity contribution in [1.82, 2.24) is 9.88 Å². The van der Waals surface area contributed by atoms with E-state index in [2.05, 4.69) is 11.9 Å². The molecule has 3 rings (SSSR count). The molecule has 0 aliphatic carbocycles. The number of hydrogen-bond acceptors (Lipinski definition) is 3. The van der Waals surface area contributed by atoms with Crippen LogP contribution in [-0.4, -0.2) is 28.4 Å². The second kappa shape index (κ2) is 4.53. The van der Waals surface area contributed by atoms with Gasteiger partial charge in [-0.05, 0) is 31.9 Å². The van der Waals surface area contributed by atoms with E-state index in [9.17, 15) is 4.79 Å². The van der Waals surface area contributed by atoms with Gasteiger partial charge in [-0.3, -0.25) is 4.79 Å². The first-order chi connectivity index (χ1) is 9.16. The van der Waals surface area contributed by atoms with Crippen LogP contribution in [0.15, 0.2) is 30.3 Å². The molecule has 19 heavy (non-hydrogen) atoms. The molecule has 98 valence electrons. The maximum Gasteiger partial charge on any atom is 0.272 e. The lowest BCUT2D eigenvalue weighted by atomic mass is 10.1. The third-order valence-electron chi connectivity index (χ3n) is 3.78. The molecular formula is C15H17N3O. The Kier molecular flexibility index (Phi) is 2.85. The summed E-state index contributed by atoms with van der Waals surface area (Å²) in [6.07, 6.45) is 2.13. The number of anilines is 1. The fraction of sp³-hybridized carbons (Fsp3) is 0.333. The topological polar surface area (TPSA) is 59.2 Å². The normalized spacial score (nSPS) is 19.0. The first-order valence-electron chi connectivity index (χ1n) is 6.63. The molecule has 0 radical (unpaired) electrons. The number of amides is 1. The minimum absolute atomic E-state index is 0.0116. The number of nitrogens with two attached hydrogens (primary N) is 1. The molecule has 4 nitrogen and oxygen atoms in total. The molecule has 1 aromatic heterocycles. The molecule has 2 aromatic rings. The second-order valence-electron chi connectivity index (χ2n) is 5.10. The summed E-state index contributed by atoms with van der Waals surface area (Å²) < 4.78 is 0. The highest BCUT2D eigenvalue weighted by Gasteiger charge is 2.27. The molecule has 0 bridgehead atoms. The summed E-state index contributed by atoms with van der Waals surface area (Å²) in [7, 11) is 0. The summed E-state index contributed by atoms with van der Waals surface area (Å²) in [4.78, 5) is 18.8. The van der Waals surface area contributed by atoms with E-state index >= 15 is 0 Å². The summed E-state index contributed by atoms with van der Waals surface area (Å²) >= 11 is 0. The van der Waals surface area contributed by atoms with Crippen molar-refractivity contribution in [2.45, 2.75) is 25.8 Å². The van der Waals surface area contributed by atoms with Crippen LogP contribution in [0.3, 0.4) is 0 Å². The zero-order valence-electron chi connectivity index (χ0n) is 11.0. The molecule has 1 aromatic carbocycles. The molecule has 1 aliphatic rings. The Morgan fingerprint density at radius 1 is 1.42 bits per heavy atom. The van der Waals surface area contributed by atoms with Gasteiger partial charge in [0.25, 0.3) is 5.91 Å². The van der Waals surface area contributed by atoms with Gasteiger partial charge in [-0.25, -0.2) is 4.98 Å². The van der Waals surface area contributed by atoms with Crippen molar-refractivity contribution in [3.05, 3.63) is 36.0 Å². The van der Waals surface area contributed by atoms with Gasteiger partial charge in [0.15, 0.2) is 0 Å². The standard InChI is InChI=1S/C15H17N3O/c1-10-5-4-8-18(10)15(19)14-9-12(16)11-6-2-3-7-13(11)17-14/h2-3,6-7,9-10H,4-5,8H2,1H3,(H2,16,17). The molecule has 1 aliphatic heterocycles. The SMILES string of the molecule is CC1CCCN1C(=O)c1cc(N)c2ccccc2n1. The van der Waals surface area contributed by atoms with Gasteiger partial charge in [-0.2, -0.15) is 0 Å². The molecule has 2 N–H and O–H groups in total. The van der Waals surface area contributed by atoms with Gasteiger partial charge < -0.3 is 10.6 Å². The van der Waals surface area contributed by atoms with Crippen LogP contribution < -0.4 is 5.73 Å². The molecular weight excluding hydrogens is 238 g/mol. The van der Waals surface area contributed by atoms with Crippen LogP contribution in [0.2, 0.25) is 0 Å². The lowest BCUT2D eigenvalue weighted by Crippen LogP contribution is -2.34. The van der Waals surface area contributed by atoms with Crippen LogP contribution in [0.4, 0.5) is 5.69 Å². The van der Waals surface area contributed by atoms with E-state index in [4.69, 9.17) is 5.73 Å². The molecule has 1 saturated heterocycles. The number of hydrogen-bond donors (Lipinski definition) is 1. The van der Waals surface area contributed by atoms with Gasteiger partial charge in [-0.15, -0.1) is 0 Å². The highest BCUT2D eigenvalue weighted by molar-refractivity contribution is 5.99. The van der Waals surface area contributed by atoms with E-state index in [1.165, 1.54) is 0 Å². The quantitative estimate of drug-likeness (QED) is 0.851. The van der Waals surface area contributed by atoms with Gasteiger partial charge in [0.2, 0.25) is 0 Å². The zero-order valence-corrected chi connectivity index (χ0v) is 11.0. The van der Waals surface area contributed by atoms with Gasteiger partial charge in [0, 0.05) is 23.7 Å². The van der Waals surface area contributed by atoms with Crippen LogP contribution in [0.25, 0.3) is 10.9 Å². The number of fused-ring (bicyclic) bond motifs is 1. The number of nitrogens with zero attached hydrogens (tertiary/aromatic N) is 2. The Morgan fingerprint density at radius 3 is 2.95 bits per heavy atom. The van der Waals surface area contributed by atoms with Crippen molar-refractivity contribution in [3.8, 4) is 0 Å². The van der Waals surface area contributed by atoms with E-state index < -0.39 is 0 Å². The third-order valence-corrected chi connectivity index (χ3v) is 3.78. The van der Waals surface area contributed by atoms with Crippen molar-refractivity contribution in [1.29, 1.82) is 0 Å². The number of para-hydroxylation sites is 1. The van der Waals surface area contributed by atoms with Crippen LogP contribution in [0, 0.1) is 0 Å². The number of nitrogen functional groups attached to an aromatic ring is 1. The Bertz CT molecular complexity index is 638. The molecule has 1 unspecified atom stereocenters. The molecule has 0 saturated carbocycles. The summed E-state index contributed by atoms with van der Waals surface area (Å²) in [6.45, 7) is 2.89. The van der Waals surface area contributed by atoms with Gasteiger partial charge in [0.1, 0.15) is 5.69 Å². The molecule has 1 atom stereocenters. The average Bonchev–Trinajstić information content (AvgIpc) is 2.84. The van der Waals surface area contributed by atoms with Crippen molar-refractivity contribution >= 4 is 22.5 Å². The average molecular weight is 255 g/mol. The highest BCUT2D eigenvalue weighted by Crippen LogP contribution is 2.23. The maximum atomic E-state index is 12.5. The molecule has 4 heteroatoms. The Balaban J connectivity index is 2.03. The lowest BCUT2D eigenvalue weighted by molar-refractivity contribution is 0.0742. The largest absolute Gasteiger partial charge is 0.398 e. The number of carbonyl (C=O) groups is 1. The predicted molar refractivity (Wildman–Crippen MR) is 75.9 cm³/mol. The fourth-order valence-corrected chi connectivity index (χ4v) is 2.69. The maximum absolute atomic E-state index is 12.5. The monoisotopic (exact) mass is 255 g/mol. The number of aromatic nitrogens is 1. The van der Waals surface area contributed by atoms with E-state index in [1.807, 2.05) is 29.2 Å². The lowest BCUT2D eigenvalue weighted by Gasteiger charge is -2.21. The van der Waals surface area contributed by atoms with Crippen LogP contribution in [0.5, 0.6) is 0 Å². The van der Waals surface area contributed by atoms with Gasteiger partial charge >= 0.3 is 0 Å². The summed E-state index contributed by atoms with van der Waals surface area (Å²) in [5.74, 6) is -0.0116. The first kappa shape index (κ1) is 12.0. The number of likely N-dealkylation sites (tertiary alicyclic amines) is 1. The molecule has 2 heterocycles. The van der Waals surface area contributed by atoms with E-state index in [-0.39, 0.29) is 5.91 Å². The predicted octanol–water partition coefficient (Wildman–Crippen LogP) is 2.44. The summed E-state index contributed by atoms with van der Waals surface area (Å²) in [5.41, 5.74) is 7.85. The smallest absolute Gasteiger partial charge is 0.272 e. The van der Waals surface area contributed by atoms with Crippen molar-refractivity contribution in [3.63, 3.8) is 0 Å². The minimum atomic E-state index is -0.0116. The zero-order chi connectivity index (χ0) is 13.4. The highest BCUT2D eigenvalue weighted by atomic mass is 16.2. The number of pyridine rings is 1. The fourth-order valence-electron chi connectivity index (χ4n) is 2.69. The molecule has 1 fully saturated rings. The van der Waals surface area contributed by atoms with E-state index in [1.54, 1.807) is 6.07 Å². The Hall–Kier alpha value is -2.10. The number of carbonyl (C=O) groups excluding carboxylic acids is 1. The second-order valence-corrected chi connectivity index (χ2v) is 5.10. The van der Waals surface area contributed by atoms with Crippen LogP contribution in [-0.2, 0) is 0 Å². The third kappa shape index (κ3) is 2.03. The number of benzene rings is 1. The van der Waals surface area contributed by atoms with Crippen LogP contribution >= 0.6 is 0 Å². The summed E-state index contributed by atoms with van der Waals surface area (Å²) in [6, 6.07) is 9.61. The van der Waals surface area contributed by atoms with E-state index in [0.717, 1.165) is 30.3 Å². The van der Waals surface area contributed by atoms with Crippen LogP contribution in [0.1, 0.15) is 30.3 Å². The van der Waals surface area contributed by atoms with Crippen molar-refractivity contribution in [2.75, 3.05) is 12.3 Å². The van der Waals surface area contributed by atoms with Crippen molar-refractivity contribution < 1.29 is 4.79 Å². The number of rotatable bonds is 1. The first-order valence-corrected chi connectivity index (χ1v) is 6.63. The Morgan fingerprint density at radius 2 is 2.21 bits per heavy atom. The summed E-state index contributed by atoms with van der Waals surface area (Å²) in [5, 5.41) is 0.897. The van der Waals surface area contributed by atoms with Gasteiger partial charge in [-0.1, -0.05) is 18.2 Å². The van der Waals surface area contributed by atoms with Crippen molar-refractivity contribution in [2.24, 2.45) is 0 Å². The van der Waals surface area contributed by atoms with E-state index in [0.29, 0.717) is 17.4 Å². The van der Waals surface area contributed by atoms with Gasteiger partial charge in [0.05, 0.1) is 5.52 Å². The Labute approximate surface area is 112 Å².